The highest BCUT2D eigenvalue weighted by molar-refractivity contribution is 5.95. The third-order valence-electron chi connectivity index (χ3n) is 2.90. The molecule has 0 heterocycles. The average Bonchev–Trinajstić information content (AvgIpc) is 2.16. The van der Waals surface area contributed by atoms with Crippen LogP contribution in [0.15, 0.2) is 24.3 Å². The number of nitrogens with two attached hydrogens (primary N) is 1. The van der Waals surface area contributed by atoms with Crippen LogP contribution >= 0.6 is 0 Å². The lowest BCUT2D eigenvalue weighted by Crippen LogP contribution is -2.50. The van der Waals surface area contributed by atoms with Gasteiger partial charge in [-0.25, -0.2) is 0 Å². The van der Waals surface area contributed by atoms with E-state index in [9.17, 15) is 4.79 Å². The first-order valence-electron chi connectivity index (χ1n) is 5.29. The maximum absolute atomic E-state index is 11.8. The number of hydrogen-bond acceptors (Lipinski definition) is 2. The van der Waals surface area contributed by atoms with Crippen molar-refractivity contribution in [2.45, 2.75) is 31.8 Å². The molecule has 15 heavy (non-hydrogen) atoms. The predicted octanol–water partition coefficient (Wildman–Crippen LogP) is 1.21. The van der Waals surface area contributed by atoms with E-state index in [1.165, 1.54) is 0 Å². The predicted molar refractivity (Wildman–Crippen MR) is 59.6 cm³/mol. The minimum Gasteiger partial charge on any atom is -0.349 e. The van der Waals surface area contributed by atoms with Crippen LogP contribution in [0.5, 0.6) is 0 Å². The zero-order valence-corrected chi connectivity index (χ0v) is 8.86. The molecular weight excluding hydrogens is 188 g/mol. The Hall–Kier alpha value is -1.35. The normalized spacial score (nSPS) is 24.4. The second kappa shape index (κ2) is 4.03. The van der Waals surface area contributed by atoms with Gasteiger partial charge in [0.25, 0.3) is 5.91 Å². The SMILES string of the molecule is Cc1ccccc1C(=O)NC1CC(N)C1. The summed E-state index contributed by atoms with van der Waals surface area (Å²) in [6, 6.07) is 8.16. The quantitative estimate of drug-likeness (QED) is 0.761. The Morgan fingerprint density at radius 1 is 1.40 bits per heavy atom. The second-order valence-electron chi connectivity index (χ2n) is 4.22. The van der Waals surface area contributed by atoms with Gasteiger partial charge in [-0.3, -0.25) is 4.79 Å². The number of amides is 1. The van der Waals surface area contributed by atoms with E-state index < -0.39 is 0 Å². The first kappa shape index (κ1) is 10.2. The highest BCUT2D eigenvalue weighted by atomic mass is 16.1. The minimum absolute atomic E-state index is 0.0185. The van der Waals surface area contributed by atoms with Gasteiger partial charge in [-0.15, -0.1) is 0 Å². The number of benzene rings is 1. The molecule has 1 saturated carbocycles. The van der Waals surface area contributed by atoms with Crippen LogP contribution in [0.25, 0.3) is 0 Å². The minimum atomic E-state index is 0.0185. The Morgan fingerprint density at radius 3 is 2.67 bits per heavy atom. The highest BCUT2D eigenvalue weighted by Crippen LogP contribution is 2.18. The van der Waals surface area contributed by atoms with Gasteiger partial charge >= 0.3 is 0 Å². The molecule has 1 aliphatic rings. The Kier molecular flexibility index (Phi) is 2.73. The molecule has 3 nitrogen and oxygen atoms in total. The number of rotatable bonds is 2. The topological polar surface area (TPSA) is 55.1 Å². The molecule has 2 rings (SSSR count). The summed E-state index contributed by atoms with van der Waals surface area (Å²) in [6.07, 6.45) is 1.80. The maximum atomic E-state index is 11.8. The number of hydrogen-bond donors (Lipinski definition) is 2. The number of carbonyl (C=O) groups excluding carboxylic acids is 1. The molecule has 1 fully saturated rings. The fraction of sp³-hybridized carbons (Fsp3) is 0.417. The van der Waals surface area contributed by atoms with Crippen LogP contribution in [0.2, 0.25) is 0 Å². The van der Waals surface area contributed by atoms with Crippen LogP contribution < -0.4 is 11.1 Å². The van der Waals surface area contributed by atoms with E-state index >= 15 is 0 Å². The van der Waals surface area contributed by atoms with Crippen molar-refractivity contribution in [2.24, 2.45) is 5.73 Å². The van der Waals surface area contributed by atoms with Crippen molar-refractivity contribution in [1.82, 2.24) is 5.32 Å². The molecule has 0 saturated heterocycles. The molecule has 0 aliphatic heterocycles. The van der Waals surface area contributed by atoms with Crippen molar-refractivity contribution in [3.05, 3.63) is 35.4 Å². The van der Waals surface area contributed by atoms with E-state index in [0.29, 0.717) is 0 Å². The summed E-state index contributed by atoms with van der Waals surface area (Å²) in [7, 11) is 0. The molecule has 0 spiro atoms. The monoisotopic (exact) mass is 204 g/mol. The van der Waals surface area contributed by atoms with Crippen LogP contribution in [0.4, 0.5) is 0 Å². The fourth-order valence-corrected chi connectivity index (χ4v) is 1.87. The molecular formula is C12H16N2O. The number of carbonyl (C=O) groups is 1. The molecule has 1 aromatic carbocycles. The van der Waals surface area contributed by atoms with Crippen molar-refractivity contribution in [3.8, 4) is 0 Å². The summed E-state index contributed by atoms with van der Waals surface area (Å²) in [6.45, 7) is 1.95. The average molecular weight is 204 g/mol. The molecule has 1 aromatic rings. The van der Waals surface area contributed by atoms with Crippen LogP contribution in [-0.4, -0.2) is 18.0 Å². The summed E-state index contributed by atoms with van der Waals surface area (Å²) in [5.74, 6) is 0.0185. The molecule has 80 valence electrons. The molecule has 0 aromatic heterocycles. The van der Waals surface area contributed by atoms with Crippen molar-refractivity contribution in [3.63, 3.8) is 0 Å². The number of aryl methyl sites for hydroxylation is 1. The third-order valence-corrected chi connectivity index (χ3v) is 2.90. The van der Waals surface area contributed by atoms with E-state index in [4.69, 9.17) is 5.73 Å². The molecule has 3 heteroatoms. The number of nitrogens with one attached hydrogen (secondary N) is 1. The summed E-state index contributed by atoms with van der Waals surface area (Å²) >= 11 is 0. The fourth-order valence-electron chi connectivity index (χ4n) is 1.87. The van der Waals surface area contributed by atoms with E-state index in [2.05, 4.69) is 5.32 Å². The Bertz CT molecular complexity index is 370. The third kappa shape index (κ3) is 2.18. The van der Waals surface area contributed by atoms with Crippen molar-refractivity contribution in [1.29, 1.82) is 0 Å². The maximum Gasteiger partial charge on any atom is 0.251 e. The van der Waals surface area contributed by atoms with E-state index in [-0.39, 0.29) is 18.0 Å². The first-order chi connectivity index (χ1) is 7.16. The van der Waals surface area contributed by atoms with Crippen LogP contribution in [0, 0.1) is 6.92 Å². The van der Waals surface area contributed by atoms with Gasteiger partial charge in [0.15, 0.2) is 0 Å². The van der Waals surface area contributed by atoms with Gasteiger partial charge < -0.3 is 11.1 Å². The van der Waals surface area contributed by atoms with Crippen molar-refractivity contribution in [2.75, 3.05) is 0 Å². The molecule has 0 atom stereocenters. The van der Waals surface area contributed by atoms with Crippen molar-refractivity contribution < 1.29 is 4.79 Å². The van der Waals surface area contributed by atoms with Gasteiger partial charge in [-0.05, 0) is 31.4 Å². The summed E-state index contributed by atoms with van der Waals surface area (Å²) in [5, 5.41) is 2.98. The van der Waals surface area contributed by atoms with Gasteiger partial charge in [-0.1, -0.05) is 18.2 Å². The summed E-state index contributed by atoms with van der Waals surface area (Å²) < 4.78 is 0. The van der Waals surface area contributed by atoms with Crippen LogP contribution in [0.3, 0.4) is 0 Å². The van der Waals surface area contributed by atoms with Gasteiger partial charge in [-0.2, -0.15) is 0 Å². The standard InChI is InChI=1S/C12H16N2O/c1-8-4-2-3-5-11(8)12(15)14-10-6-9(13)7-10/h2-5,9-10H,6-7,13H2,1H3,(H,14,15). The van der Waals surface area contributed by atoms with Crippen LogP contribution in [-0.2, 0) is 0 Å². The van der Waals surface area contributed by atoms with E-state index in [0.717, 1.165) is 24.0 Å². The van der Waals surface area contributed by atoms with E-state index in [1.54, 1.807) is 0 Å². The Morgan fingerprint density at radius 2 is 2.07 bits per heavy atom. The second-order valence-corrected chi connectivity index (χ2v) is 4.22. The Labute approximate surface area is 89.7 Å². The summed E-state index contributed by atoms with van der Waals surface area (Å²) in [4.78, 5) is 11.8. The first-order valence-corrected chi connectivity index (χ1v) is 5.29. The smallest absolute Gasteiger partial charge is 0.251 e. The molecule has 3 N–H and O–H groups in total. The molecule has 0 unspecified atom stereocenters. The Balaban J connectivity index is 1.99. The summed E-state index contributed by atoms with van der Waals surface area (Å²) in [5.41, 5.74) is 7.44. The lowest BCUT2D eigenvalue weighted by atomic mass is 9.87. The lowest BCUT2D eigenvalue weighted by Gasteiger charge is -2.33. The van der Waals surface area contributed by atoms with E-state index in [1.807, 2.05) is 31.2 Å². The van der Waals surface area contributed by atoms with Gasteiger partial charge in [0.05, 0.1) is 0 Å². The zero-order valence-electron chi connectivity index (χ0n) is 8.86. The lowest BCUT2D eigenvalue weighted by molar-refractivity contribution is 0.0909. The largest absolute Gasteiger partial charge is 0.349 e. The molecule has 0 bridgehead atoms. The van der Waals surface area contributed by atoms with Gasteiger partial charge in [0.2, 0.25) is 0 Å². The molecule has 1 amide bonds. The molecule has 0 radical (unpaired) electrons. The van der Waals surface area contributed by atoms with Crippen LogP contribution in [0.1, 0.15) is 28.8 Å². The molecule has 1 aliphatic carbocycles. The van der Waals surface area contributed by atoms with Crippen molar-refractivity contribution >= 4 is 5.91 Å². The zero-order chi connectivity index (χ0) is 10.8. The van der Waals surface area contributed by atoms with Gasteiger partial charge in [0.1, 0.15) is 0 Å². The highest BCUT2D eigenvalue weighted by Gasteiger charge is 2.27. The van der Waals surface area contributed by atoms with Gasteiger partial charge in [0, 0.05) is 17.6 Å².